The molecule has 1 N–H and O–H groups in total. The fraction of sp³-hybridized carbons (Fsp3) is 0.375. The monoisotopic (exact) mass is 456 g/mol. The molecule has 1 unspecified atom stereocenters. The number of nitrogens with zero attached hydrogens (tertiary/aromatic N) is 2. The van der Waals surface area contributed by atoms with Gasteiger partial charge in [-0.2, -0.15) is 0 Å². The van der Waals surface area contributed by atoms with Crippen molar-refractivity contribution in [3.05, 3.63) is 58.4 Å². The molecule has 2 aromatic rings. The average molecular weight is 457 g/mol. The Labute approximate surface area is 191 Å². The third-order valence-electron chi connectivity index (χ3n) is 6.15. The van der Waals surface area contributed by atoms with Gasteiger partial charge in [0.25, 0.3) is 11.7 Å². The predicted molar refractivity (Wildman–Crippen MR) is 120 cm³/mol. The van der Waals surface area contributed by atoms with Gasteiger partial charge in [-0.15, -0.1) is 0 Å². The van der Waals surface area contributed by atoms with Gasteiger partial charge in [0.1, 0.15) is 23.3 Å². The molecule has 1 saturated carbocycles. The number of Topliss-reactive ketones (excluding diaryl/α,β-unsaturated/α-hetero) is 1. The van der Waals surface area contributed by atoms with E-state index < -0.39 is 17.7 Å². The third kappa shape index (κ3) is 3.81. The van der Waals surface area contributed by atoms with E-state index in [1.165, 1.54) is 26.4 Å². The van der Waals surface area contributed by atoms with Crippen LogP contribution in [0.15, 0.2) is 42.1 Å². The molecule has 2 heterocycles. The molecule has 168 valence electrons. The molecule has 1 aromatic carbocycles. The molecular formula is C24H25ClN2O5. The summed E-state index contributed by atoms with van der Waals surface area (Å²) in [6.45, 7) is 0. The van der Waals surface area contributed by atoms with Crippen LogP contribution in [0.2, 0.25) is 5.02 Å². The molecule has 0 spiro atoms. The first kappa shape index (κ1) is 22.1. The van der Waals surface area contributed by atoms with E-state index in [2.05, 4.69) is 4.98 Å². The maximum absolute atomic E-state index is 13.2. The van der Waals surface area contributed by atoms with Gasteiger partial charge in [0, 0.05) is 18.3 Å². The summed E-state index contributed by atoms with van der Waals surface area (Å²) in [6, 6.07) is 7.46. The minimum Gasteiger partial charge on any atom is -0.507 e. The second-order valence-electron chi connectivity index (χ2n) is 7.94. The van der Waals surface area contributed by atoms with Gasteiger partial charge in [-0.1, -0.05) is 36.9 Å². The van der Waals surface area contributed by atoms with Crippen LogP contribution in [-0.2, 0) is 9.59 Å². The van der Waals surface area contributed by atoms with Gasteiger partial charge in [0.05, 0.1) is 36.1 Å². The topological polar surface area (TPSA) is 89.0 Å². The smallest absolute Gasteiger partial charge is 0.295 e. The van der Waals surface area contributed by atoms with Crippen LogP contribution >= 0.6 is 11.6 Å². The minimum absolute atomic E-state index is 0.0150. The summed E-state index contributed by atoms with van der Waals surface area (Å²) in [5.74, 6) is -1.07. The predicted octanol–water partition coefficient (Wildman–Crippen LogP) is 4.51. The lowest BCUT2D eigenvalue weighted by molar-refractivity contribution is -0.141. The molecule has 8 heteroatoms. The first-order valence-corrected chi connectivity index (χ1v) is 11.0. The number of benzene rings is 1. The molecule has 2 fully saturated rings. The van der Waals surface area contributed by atoms with Gasteiger partial charge >= 0.3 is 0 Å². The first-order valence-electron chi connectivity index (χ1n) is 10.6. The van der Waals surface area contributed by atoms with E-state index in [-0.39, 0.29) is 33.7 Å². The number of aliphatic hydroxyl groups is 1. The minimum atomic E-state index is -0.787. The van der Waals surface area contributed by atoms with Gasteiger partial charge in [-0.3, -0.25) is 14.6 Å². The number of methoxy groups -OCH3 is 2. The highest BCUT2D eigenvalue weighted by atomic mass is 35.5. The quantitative estimate of drug-likeness (QED) is 0.404. The normalized spacial score (nSPS) is 21.1. The van der Waals surface area contributed by atoms with Crippen LogP contribution in [0.25, 0.3) is 5.76 Å². The van der Waals surface area contributed by atoms with Crippen LogP contribution in [0.3, 0.4) is 0 Å². The summed E-state index contributed by atoms with van der Waals surface area (Å²) in [6.07, 6.45) is 6.33. The summed E-state index contributed by atoms with van der Waals surface area (Å²) < 4.78 is 10.6. The Morgan fingerprint density at radius 3 is 2.44 bits per heavy atom. The van der Waals surface area contributed by atoms with E-state index >= 15 is 0 Å². The number of carbonyl (C=O) groups is 2. The molecule has 1 atom stereocenters. The van der Waals surface area contributed by atoms with E-state index in [1.807, 2.05) is 0 Å². The van der Waals surface area contributed by atoms with Gasteiger partial charge in [-0.05, 0) is 31.0 Å². The standard InChI is InChI=1S/C24H25ClN2O5/c1-31-18-13-19(32-2)16(25)12-15(18)22(28)20-21(17-10-6-7-11-26-17)27(24(30)23(20)29)14-8-4-3-5-9-14/h6-7,10-14,21,28H,3-5,8-9H2,1-2H3/b22-20+. The maximum Gasteiger partial charge on any atom is 0.295 e. The van der Waals surface area contributed by atoms with Crippen LogP contribution in [0.1, 0.15) is 49.4 Å². The molecule has 1 saturated heterocycles. The number of aliphatic hydroxyl groups excluding tert-OH is 1. The van der Waals surface area contributed by atoms with Crippen LogP contribution in [0.5, 0.6) is 11.5 Å². The maximum atomic E-state index is 13.2. The van der Waals surface area contributed by atoms with Crippen molar-refractivity contribution in [1.82, 2.24) is 9.88 Å². The second-order valence-corrected chi connectivity index (χ2v) is 8.35. The number of carbonyl (C=O) groups excluding carboxylic acids is 2. The van der Waals surface area contributed by atoms with Gasteiger partial charge in [0.2, 0.25) is 0 Å². The molecule has 1 aliphatic carbocycles. The summed E-state index contributed by atoms with van der Waals surface area (Å²) in [7, 11) is 2.91. The number of ketones is 1. The lowest BCUT2D eigenvalue weighted by atomic mass is 9.92. The average Bonchev–Trinajstić information content (AvgIpc) is 3.10. The number of amides is 1. The summed E-state index contributed by atoms with van der Waals surface area (Å²) in [4.78, 5) is 32.4. The SMILES string of the molecule is COc1cc(OC)c(/C(O)=C2\C(=O)C(=O)N(C3CCCCC3)C2c2ccccn2)cc1Cl. The molecule has 1 amide bonds. The molecule has 2 aliphatic rings. The summed E-state index contributed by atoms with van der Waals surface area (Å²) in [5, 5.41) is 11.6. The number of hydrogen-bond donors (Lipinski definition) is 1. The number of likely N-dealkylation sites (tertiary alicyclic amines) is 1. The molecule has 32 heavy (non-hydrogen) atoms. The molecule has 0 bridgehead atoms. The Morgan fingerprint density at radius 2 is 1.81 bits per heavy atom. The lowest BCUT2D eigenvalue weighted by Gasteiger charge is -2.35. The Kier molecular flexibility index (Phi) is 6.37. The van der Waals surface area contributed by atoms with Crippen molar-refractivity contribution >= 4 is 29.1 Å². The lowest BCUT2D eigenvalue weighted by Crippen LogP contribution is -2.40. The van der Waals surface area contributed by atoms with Gasteiger partial charge < -0.3 is 19.5 Å². The third-order valence-corrected chi connectivity index (χ3v) is 6.44. The Hall–Kier alpha value is -3.06. The van der Waals surface area contributed by atoms with E-state index in [0.717, 1.165) is 32.1 Å². The summed E-state index contributed by atoms with van der Waals surface area (Å²) in [5.41, 5.74) is 0.720. The molecular weight excluding hydrogens is 432 g/mol. The molecule has 1 aliphatic heterocycles. The number of aromatic nitrogens is 1. The van der Waals surface area contributed by atoms with Crippen molar-refractivity contribution in [2.75, 3.05) is 14.2 Å². The zero-order chi connectivity index (χ0) is 22.8. The number of halogens is 1. The van der Waals surface area contributed by atoms with Crippen LogP contribution in [0.4, 0.5) is 0 Å². The highest BCUT2D eigenvalue weighted by Crippen LogP contribution is 2.44. The van der Waals surface area contributed by atoms with Crippen LogP contribution in [-0.4, -0.2) is 46.9 Å². The molecule has 7 nitrogen and oxygen atoms in total. The molecule has 0 radical (unpaired) electrons. The van der Waals surface area contributed by atoms with Crippen LogP contribution in [0, 0.1) is 0 Å². The van der Waals surface area contributed by atoms with Crippen molar-refractivity contribution in [3.8, 4) is 11.5 Å². The number of hydrogen-bond acceptors (Lipinski definition) is 6. The van der Waals surface area contributed by atoms with Crippen molar-refractivity contribution in [2.45, 2.75) is 44.2 Å². The van der Waals surface area contributed by atoms with E-state index in [9.17, 15) is 14.7 Å². The highest BCUT2D eigenvalue weighted by Gasteiger charge is 2.49. The summed E-state index contributed by atoms with van der Waals surface area (Å²) >= 11 is 6.29. The van der Waals surface area contributed by atoms with Gasteiger partial charge in [0.15, 0.2) is 0 Å². The van der Waals surface area contributed by atoms with E-state index in [4.69, 9.17) is 21.1 Å². The number of ether oxygens (including phenoxy) is 2. The second kappa shape index (κ2) is 9.20. The first-order chi connectivity index (χ1) is 15.5. The number of rotatable bonds is 5. The van der Waals surface area contributed by atoms with Crippen molar-refractivity contribution in [1.29, 1.82) is 0 Å². The van der Waals surface area contributed by atoms with Crippen molar-refractivity contribution in [2.24, 2.45) is 0 Å². The fourth-order valence-corrected chi connectivity index (χ4v) is 4.84. The van der Waals surface area contributed by atoms with E-state index in [0.29, 0.717) is 11.4 Å². The zero-order valence-corrected chi connectivity index (χ0v) is 18.8. The van der Waals surface area contributed by atoms with Crippen molar-refractivity contribution < 1.29 is 24.2 Å². The fourth-order valence-electron chi connectivity index (χ4n) is 4.60. The van der Waals surface area contributed by atoms with E-state index in [1.54, 1.807) is 29.3 Å². The Bertz CT molecular complexity index is 1060. The molecule has 1 aromatic heterocycles. The van der Waals surface area contributed by atoms with Gasteiger partial charge in [-0.25, -0.2) is 0 Å². The largest absolute Gasteiger partial charge is 0.507 e. The zero-order valence-electron chi connectivity index (χ0n) is 18.0. The molecule has 4 rings (SSSR count). The number of pyridine rings is 1. The Balaban J connectivity index is 1.91. The Morgan fingerprint density at radius 1 is 1.09 bits per heavy atom. The van der Waals surface area contributed by atoms with Crippen molar-refractivity contribution in [3.63, 3.8) is 0 Å². The highest BCUT2D eigenvalue weighted by molar-refractivity contribution is 6.46. The van der Waals surface area contributed by atoms with Crippen LogP contribution < -0.4 is 9.47 Å².